The number of carbonyl (C=O) groups excluding carboxylic acids is 1. The molecule has 1 aromatic heterocycles. The normalized spacial score (nSPS) is 11.9. The van der Waals surface area contributed by atoms with Crippen LogP contribution in [0.15, 0.2) is 12.4 Å². The van der Waals surface area contributed by atoms with E-state index in [1.807, 2.05) is 17.8 Å². The molecule has 7 nitrogen and oxygen atoms in total. The van der Waals surface area contributed by atoms with Crippen LogP contribution >= 0.6 is 0 Å². The summed E-state index contributed by atoms with van der Waals surface area (Å²) in [5, 5.41) is 13.8. The van der Waals surface area contributed by atoms with E-state index in [1.54, 1.807) is 6.20 Å². The number of carbonyl (C=O) groups is 2. The van der Waals surface area contributed by atoms with Crippen molar-refractivity contribution in [2.75, 3.05) is 13.1 Å². The van der Waals surface area contributed by atoms with Gasteiger partial charge in [-0.2, -0.15) is 0 Å². The maximum atomic E-state index is 11.3. The summed E-state index contributed by atoms with van der Waals surface area (Å²) in [5.74, 6) is -0.636. The lowest BCUT2D eigenvalue weighted by molar-refractivity contribution is -0.140. The van der Waals surface area contributed by atoms with Crippen molar-refractivity contribution in [1.29, 1.82) is 0 Å². The number of imidazole rings is 1. The number of carboxylic acids is 1. The van der Waals surface area contributed by atoms with Crippen LogP contribution in [0.5, 0.6) is 0 Å². The van der Waals surface area contributed by atoms with Gasteiger partial charge >= 0.3 is 12.0 Å². The number of aliphatic carboxylic acids is 1. The van der Waals surface area contributed by atoms with E-state index in [4.69, 9.17) is 5.11 Å². The van der Waals surface area contributed by atoms with E-state index in [-0.39, 0.29) is 12.6 Å². The summed E-state index contributed by atoms with van der Waals surface area (Å²) in [6.45, 7) is 2.11. The molecule has 1 rings (SSSR count). The highest BCUT2D eigenvalue weighted by Crippen LogP contribution is 1.94. The number of amides is 2. The van der Waals surface area contributed by atoms with Crippen LogP contribution in [0.4, 0.5) is 4.79 Å². The molecule has 18 heavy (non-hydrogen) atoms. The average molecular weight is 254 g/mol. The summed E-state index contributed by atoms with van der Waals surface area (Å²) in [7, 11) is 1.89. The molecule has 7 heteroatoms. The number of nitrogens with one attached hydrogen (secondary N) is 2. The number of urea groups is 1. The van der Waals surface area contributed by atoms with Gasteiger partial charge in [-0.3, -0.25) is 4.79 Å². The molecule has 0 spiro atoms. The van der Waals surface area contributed by atoms with Gasteiger partial charge in [0.15, 0.2) is 0 Å². The Balaban J connectivity index is 2.18. The Kier molecular flexibility index (Phi) is 5.16. The zero-order valence-corrected chi connectivity index (χ0v) is 10.5. The van der Waals surface area contributed by atoms with Crippen LogP contribution in [0.1, 0.15) is 12.7 Å². The monoisotopic (exact) mass is 254 g/mol. The van der Waals surface area contributed by atoms with Crippen molar-refractivity contribution >= 4 is 12.0 Å². The highest BCUT2D eigenvalue weighted by atomic mass is 16.4. The molecule has 0 saturated carbocycles. The molecule has 1 atom stereocenters. The molecule has 0 aliphatic heterocycles. The summed E-state index contributed by atoms with van der Waals surface area (Å²) in [4.78, 5) is 26.0. The molecule has 2 amide bonds. The van der Waals surface area contributed by atoms with Crippen LogP contribution in [-0.2, 0) is 18.3 Å². The number of nitrogens with zero attached hydrogens (tertiary/aromatic N) is 2. The van der Waals surface area contributed by atoms with E-state index < -0.39 is 11.9 Å². The lowest BCUT2D eigenvalue weighted by Gasteiger charge is -2.09. The molecule has 0 bridgehead atoms. The summed E-state index contributed by atoms with van der Waals surface area (Å²) in [6, 6.07) is -0.364. The third-order valence-electron chi connectivity index (χ3n) is 2.55. The van der Waals surface area contributed by atoms with Crippen LogP contribution in [0.3, 0.4) is 0 Å². The number of rotatable bonds is 6. The first-order valence-electron chi connectivity index (χ1n) is 5.71. The molecule has 0 aromatic carbocycles. The fourth-order valence-corrected chi connectivity index (χ4v) is 1.32. The van der Waals surface area contributed by atoms with Gasteiger partial charge in [-0.1, -0.05) is 6.92 Å². The van der Waals surface area contributed by atoms with E-state index in [0.29, 0.717) is 13.0 Å². The zero-order chi connectivity index (χ0) is 13.5. The second-order valence-corrected chi connectivity index (χ2v) is 4.08. The molecule has 0 aliphatic carbocycles. The largest absolute Gasteiger partial charge is 0.481 e. The van der Waals surface area contributed by atoms with Crippen LogP contribution in [0.2, 0.25) is 0 Å². The minimum absolute atomic E-state index is 0.115. The Morgan fingerprint density at radius 3 is 2.78 bits per heavy atom. The van der Waals surface area contributed by atoms with E-state index in [1.165, 1.54) is 6.92 Å². The van der Waals surface area contributed by atoms with Crippen molar-refractivity contribution in [2.45, 2.75) is 13.3 Å². The summed E-state index contributed by atoms with van der Waals surface area (Å²) in [5.41, 5.74) is 0. The Bertz CT molecular complexity index is 416. The average Bonchev–Trinajstić information content (AvgIpc) is 2.72. The van der Waals surface area contributed by atoms with Gasteiger partial charge in [0, 0.05) is 39.0 Å². The first-order valence-corrected chi connectivity index (χ1v) is 5.71. The maximum Gasteiger partial charge on any atom is 0.314 e. The van der Waals surface area contributed by atoms with Gasteiger partial charge in [-0.15, -0.1) is 0 Å². The third-order valence-corrected chi connectivity index (χ3v) is 2.55. The highest BCUT2D eigenvalue weighted by molar-refractivity contribution is 5.75. The second-order valence-electron chi connectivity index (χ2n) is 4.08. The summed E-state index contributed by atoms with van der Waals surface area (Å²) in [6.07, 6.45) is 4.17. The molecule has 0 radical (unpaired) electrons. The summed E-state index contributed by atoms with van der Waals surface area (Å²) < 4.78 is 1.88. The van der Waals surface area contributed by atoms with E-state index >= 15 is 0 Å². The third kappa shape index (κ3) is 4.44. The molecule has 0 aliphatic rings. The van der Waals surface area contributed by atoms with Crippen LogP contribution in [-0.4, -0.2) is 39.7 Å². The lowest BCUT2D eigenvalue weighted by atomic mass is 10.2. The van der Waals surface area contributed by atoms with Crippen LogP contribution < -0.4 is 10.6 Å². The lowest BCUT2D eigenvalue weighted by Crippen LogP contribution is -2.40. The topological polar surface area (TPSA) is 96.3 Å². The Labute approximate surface area is 105 Å². The van der Waals surface area contributed by atoms with Gasteiger partial charge in [0.25, 0.3) is 0 Å². The van der Waals surface area contributed by atoms with Gasteiger partial charge in [0.1, 0.15) is 5.82 Å². The second kappa shape index (κ2) is 6.63. The minimum atomic E-state index is -0.927. The maximum absolute atomic E-state index is 11.3. The van der Waals surface area contributed by atoms with Gasteiger partial charge in [0.2, 0.25) is 0 Å². The Morgan fingerprint density at radius 1 is 1.50 bits per heavy atom. The molecular weight excluding hydrogens is 236 g/mol. The quantitative estimate of drug-likeness (QED) is 0.665. The van der Waals surface area contributed by atoms with Crippen molar-refractivity contribution in [3.63, 3.8) is 0 Å². The molecule has 1 aromatic rings. The molecule has 1 heterocycles. The van der Waals surface area contributed by atoms with Gasteiger partial charge in [0.05, 0.1) is 5.92 Å². The number of aromatic nitrogens is 2. The van der Waals surface area contributed by atoms with Gasteiger partial charge in [-0.05, 0) is 0 Å². The van der Waals surface area contributed by atoms with Crippen molar-refractivity contribution in [3.8, 4) is 0 Å². The molecule has 1 unspecified atom stereocenters. The van der Waals surface area contributed by atoms with Crippen LogP contribution in [0.25, 0.3) is 0 Å². The smallest absolute Gasteiger partial charge is 0.314 e. The Morgan fingerprint density at radius 2 is 2.22 bits per heavy atom. The van der Waals surface area contributed by atoms with Crippen molar-refractivity contribution < 1.29 is 14.7 Å². The number of aryl methyl sites for hydroxylation is 1. The minimum Gasteiger partial charge on any atom is -0.481 e. The van der Waals surface area contributed by atoms with E-state index in [9.17, 15) is 9.59 Å². The van der Waals surface area contributed by atoms with E-state index in [2.05, 4.69) is 15.6 Å². The predicted molar refractivity (Wildman–Crippen MR) is 65.1 cm³/mol. The molecular formula is C11H18N4O3. The first-order chi connectivity index (χ1) is 8.50. The number of carboxylic acid groups (broad SMARTS) is 1. The van der Waals surface area contributed by atoms with Gasteiger partial charge in [-0.25, -0.2) is 9.78 Å². The fraction of sp³-hybridized carbons (Fsp3) is 0.545. The predicted octanol–water partition coefficient (Wildman–Crippen LogP) is -0.0175. The summed E-state index contributed by atoms with van der Waals surface area (Å²) >= 11 is 0. The fourth-order valence-electron chi connectivity index (χ4n) is 1.32. The van der Waals surface area contributed by atoms with Crippen LogP contribution in [0, 0.1) is 5.92 Å². The number of hydrogen-bond acceptors (Lipinski definition) is 3. The highest BCUT2D eigenvalue weighted by Gasteiger charge is 2.11. The molecule has 0 fully saturated rings. The Hall–Kier alpha value is -2.05. The standard InChI is InChI=1S/C11H18N4O3/c1-8(10(16)17)7-14-11(18)13-4-3-9-12-5-6-15(9)2/h5-6,8H,3-4,7H2,1-2H3,(H,16,17)(H2,13,14,18). The van der Waals surface area contributed by atoms with Crippen molar-refractivity contribution in [1.82, 2.24) is 20.2 Å². The zero-order valence-electron chi connectivity index (χ0n) is 10.5. The number of hydrogen-bond donors (Lipinski definition) is 3. The van der Waals surface area contributed by atoms with Gasteiger partial charge < -0.3 is 20.3 Å². The van der Waals surface area contributed by atoms with Crippen molar-refractivity contribution in [2.24, 2.45) is 13.0 Å². The molecule has 0 saturated heterocycles. The van der Waals surface area contributed by atoms with E-state index in [0.717, 1.165) is 5.82 Å². The first kappa shape index (κ1) is 14.0. The molecule has 100 valence electrons. The SMILES string of the molecule is CC(CNC(=O)NCCc1nccn1C)C(=O)O. The molecule has 3 N–H and O–H groups in total. The van der Waals surface area contributed by atoms with Crippen molar-refractivity contribution in [3.05, 3.63) is 18.2 Å².